The molecule has 0 aromatic heterocycles. The summed E-state index contributed by atoms with van der Waals surface area (Å²) in [5, 5.41) is 18.1. The average Bonchev–Trinajstić information content (AvgIpc) is 2.38. The summed E-state index contributed by atoms with van der Waals surface area (Å²) in [6.07, 6.45) is 6.10. The Kier molecular flexibility index (Phi) is 3.22. The molecular formula is C14H14N2. The summed E-state index contributed by atoms with van der Waals surface area (Å²) in [6, 6.07) is 9.92. The van der Waals surface area contributed by atoms with Crippen molar-refractivity contribution >= 4 is 0 Å². The number of benzene rings is 1. The molecule has 16 heavy (non-hydrogen) atoms. The number of nitriles is 2. The van der Waals surface area contributed by atoms with Gasteiger partial charge in [-0.15, -0.1) is 0 Å². The fourth-order valence-electron chi connectivity index (χ4n) is 2.54. The lowest BCUT2D eigenvalue weighted by atomic mass is 9.81. The van der Waals surface area contributed by atoms with E-state index < -0.39 is 0 Å². The van der Waals surface area contributed by atoms with E-state index >= 15 is 0 Å². The van der Waals surface area contributed by atoms with E-state index in [4.69, 9.17) is 10.5 Å². The molecule has 0 N–H and O–H groups in total. The summed E-state index contributed by atoms with van der Waals surface area (Å²) in [6.45, 7) is 0. The van der Waals surface area contributed by atoms with Crippen molar-refractivity contribution in [2.75, 3.05) is 0 Å². The molecule has 1 aliphatic carbocycles. The molecule has 2 rings (SSSR count). The van der Waals surface area contributed by atoms with Crippen molar-refractivity contribution < 1.29 is 0 Å². The van der Waals surface area contributed by atoms with E-state index in [1.807, 2.05) is 12.1 Å². The predicted molar refractivity (Wildman–Crippen MR) is 61.7 cm³/mol. The maximum Gasteiger partial charge on any atom is 0.101 e. The van der Waals surface area contributed by atoms with Crippen LogP contribution in [0.1, 0.15) is 54.7 Å². The van der Waals surface area contributed by atoms with Gasteiger partial charge in [0.15, 0.2) is 0 Å². The maximum atomic E-state index is 9.16. The molecule has 0 atom stereocenters. The molecule has 1 fully saturated rings. The summed E-state index contributed by atoms with van der Waals surface area (Å²) in [7, 11) is 0. The second-order valence-electron chi connectivity index (χ2n) is 4.33. The van der Waals surface area contributed by atoms with E-state index in [9.17, 15) is 0 Å². The van der Waals surface area contributed by atoms with Crippen LogP contribution in [0.15, 0.2) is 18.2 Å². The van der Waals surface area contributed by atoms with Gasteiger partial charge in [-0.3, -0.25) is 0 Å². The molecule has 0 heterocycles. The van der Waals surface area contributed by atoms with Crippen LogP contribution in [0.5, 0.6) is 0 Å². The molecule has 0 unspecified atom stereocenters. The third kappa shape index (κ3) is 1.92. The Labute approximate surface area is 96.1 Å². The molecule has 1 aromatic rings. The van der Waals surface area contributed by atoms with Gasteiger partial charge >= 0.3 is 0 Å². The van der Waals surface area contributed by atoms with Gasteiger partial charge in [0.25, 0.3) is 0 Å². The Balaban J connectivity index is 2.40. The second kappa shape index (κ2) is 4.81. The van der Waals surface area contributed by atoms with Crippen LogP contribution in [0, 0.1) is 22.7 Å². The Hall–Kier alpha value is -1.80. The quantitative estimate of drug-likeness (QED) is 0.712. The molecule has 80 valence electrons. The van der Waals surface area contributed by atoms with Crippen molar-refractivity contribution in [2.45, 2.75) is 38.0 Å². The molecule has 0 spiro atoms. The zero-order valence-electron chi connectivity index (χ0n) is 9.24. The summed E-state index contributed by atoms with van der Waals surface area (Å²) in [4.78, 5) is 0. The molecule has 0 amide bonds. The monoisotopic (exact) mass is 210 g/mol. The first-order valence-corrected chi connectivity index (χ1v) is 5.80. The molecule has 0 bridgehead atoms. The van der Waals surface area contributed by atoms with E-state index in [0.29, 0.717) is 17.0 Å². The van der Waals surface area contributed by atoms with Crippen LogP contribution in [-0.2, 0) is 0 Å². The SMILES string of the molecule is N#Cc1cccc(C2CCCCC2)c1C#N. The Morgan fingerprint density at radius 2 is 1.75 bits per heavy atom. The van der Waals surface area contributed by atoms with Gasteiger partial charge in [0.05, 0.1) is 11.1 Å². The summed E-state index contributed by atoms with van der Waals surface area (Å²) < 4.78 is 0. The fraction of sp³-hybridized carbons (Fsp3) is 0.429. The standard InChI is InChI=1S/C14H14N2/c15-9-12-7-4-8-13(14(12)10-16)11-5-2-1-3-6-11/h4,7-8,11H,1-3,5-6H2. The van der Waals surface area contributed by atoms with Crippen LogP contribution in [0.3, 0.4) is 0 Å². The van der Waals surface area contributed by atoms with Crippen molar-refractivity contribution in [3.63, 3.8) is 0 Å². The summed E-state index contributed by atoms with van der Waals surface area (Å²) in [5.41, 5.74) is 2.20. The minimum atomic E-state index is 0.483. The highest BCUT2D eigenvalue weighted by Gasteiger charge is 2.19. The van der Waals surface area contributed by atoms with Crippen molar-refractivity contribution in [3.8, 4) is 12.1 Å². The van der Waals surface area contributed by atoms with E-state index in [1.165, 1.54) is 19.3 Å². The third-order valence-electron chi connectivity index (χ3n) is 3.37. The largest absolute Gasteiger partial charge is 0.192 e. The van der Waals surface area contributed by atoms with Crippen LogP contribution in [0.4, 0.5) is 0 Å². The Morgan fingerprint density at radius 3 is 2.38 bits per heavy atom. The lowest BCUT2D eigenvalue weighted by molar-refractivity contribution is 0.443. The number of rotatable bonds is 1. The van der Waals surface area contributed by atoms with Gasteiger partial charge in [0.2, 0.25) is 0 Å². The summed E-state index contributed by atoms with van der Waals surface area (Å²) in [5.74, 6) is 0.483. The predicted octanol–water partition coefficient (Wildman–Crippen LogP) is 3.48. The van der Waals surface area contributed by atoms with E-state index in [0.717, 1.165) is 18.4 Å². The van der Waals surface area contributed by atoms with E-state index in [1.54, 1.807) is 6.07 Å². The van der Waals surface area contributed by atoms with Crippen LogP contribution in [0.2, 0.25) is 0 Å². The molecule has 0 radical (unpaired) electrons. The topological polar surface area (TPSA) is 47.6 Å². The van der Waals surface area contributed by atoms with Gasteiger partial charge in [0.1, 0.15) is 12.1 Å². The molecule has 0 aliphatic heterocycles. The molecule has 1 aliphatic rings. The van der Waals surface area contributed by atoms with Gasteiger partial charge in [-0.25, -0.2) is 0 Å². The van der Waals surface area contributed by atoms with Gasteiger partial charge in [-0.1, -0.05) is 31.4 Å². The molecule has 1 saturated carbocycles. The van der Waals surface area contributed by atoms with Crippen molar-refractivity contribution in [3.05, 3.63) is 34.9 Å². The fourth-order valence-corrected chi connectivity index (χ4v) is 2.54. The number of nitrogens with zero attached hydrogens (tertiary/aromatic N) is 2. The van der Waals surface area contributed by atoms with E-state index in [2.05, 4.69) is 12.1 Å². The summed E-state index contributed by atoms with van der Waals surface area (Å²) >= 11 is 0. The average molecular weight is 210 g/mol. The van der Waals surface area contributed by atoms with Gasteiger partial charge in [-0.2, -0.15) is 10.5 Å². The maximum absolute atomic E-state index is 9.16. The second-order valence-corrected chi connectivity index (χ2v) is 4.33. The highest BCUT2D eigenvalue weighted by Crippen LogP contribution is 2.34. The highest BCUT2D eigenvalue weighted by atomic mass is 14.3. The Morgan fingerprint density at radius 1 is 1.00 bits per heavy atom. The first kappa shape index (κ1) is 10.7. The van der Waals surface area contributed by atoms with Crippen molar-refractivity contribution in [1.82, 2.24) is 0 Å². The molecule has 2 nitrogen and oxygen atoms in total. The molecular weight excluding hydrogens is 196 g/mol. The number of hydrogen-bond acceptors (Lipinski definition) is 2. The van der Waals surface area contributed by atoms with Gasteiger partial charge < -0.3 is 0 Å². The van der Waals surface area contributed by atoms with Crippen LogP contribution in [0.25, 0.3) is 0 Å². The zero-order chi connectivity index (χ0) is 11.4. The lowest BCUT2D eigenvalue weighted by Crippen LogP contribution is -2.07. The molecule has 2 heteroatoms. The van der Waals surface area contributed by atoms with Crippen molar-refractivity contribution in [2.24, 2.45) is 0 Å². The smallest absolute Gasteiger partial charge is 0.101 e. The van der Waals surface area contributed by atoms with Crippen LogP contribution in [-0.4, -0.2) is 0 Å². The minimum absolute atomic E-state index is 0.483. The Bertz CT molecular complexity index is 457. The van der Waals surface area contributed by atoms with Crippen LogP contribution >= 0.6 is 0 Å². The lowest BCUT2D eigenvalue weighted by Gasteiger charge is -2.23. The van der Waals surface area contributed by atoms with E-state index in [-0.39, 0.29) is 0 Å². The zero-order valence-corrected chi connectivity index (χ0v) is 9.24. The minimum Gasteiger partial charge on any atom is -0.192 e. The van der Waals surface area contributed by atoms with Crippen LogP contribution < -0.4 is 0 Å². The van der Waals surface area contributed by atoms with Gasteiger partial charge in [-0.05, 0) is 30.4 Å². The molecule has 0 saturated heterocycles. The first-order valence-electron chi connectivity index (χ1n) is 5.80. The third-order valence-corrected chi connectivity index (χ3v) is 3.37. The normalized spacial score (nSPS) is 16.4. The van der Waals surface area contributed by atoms with Crippen molar-refractivity contribution in [1.29, 1.82) is 10.5 Å². The highest BCUT2D eigenvalue weighted by molar-refractivity contribution is 5.51. The molecule has 1 aromatic carbocycles. The number of hydrogen-bond donors (Lipinski definition) is 0. The van der Waals surface area contributed by atoms with Gasteiger partial charge in [0, 0.05) is 0 Å². The first-order chi connectivity index (χ1) is 7.86.